The van der Waals surface area contributed by atoms with E-state index in [1.807, 2.05) is 0 Å². The van der Waals surface area contributed by atoms with Gasteiger partial charge in [-0.15, -0.1) is 10.2 Å². The van der Waals surface area contributed by atoms with E-state index >= 15 is 0 Å². The second-order valence-corrected chi connectivity index (χ2v) is 9.34. The minimum absolute atomic E-state index is 0.0933. The van der Waals surface area contributed by atoms with Gasteiger partial charge in [0.25, 0.3) is 0 Å². The summed E-state index contributed by atoms with van der Waals surface area (Å²) < 4.78 is 43.0. The zero-order chi connectivity index (χ0) is 31.1. The predicted octanol–water partition coefficient (Wildman–Crippen LogP) is 4.89. The van der Waals surface area contributed by atoms with Gasteiger partial charge >= 0.3 is 18.1 Å². The van der Waals surface area contributed by atoms with E-state index in [0.717, 1.165) is 16.8 Å². The van der Waals surface area contributed by atoms with Gasteiger partial charge in [-0.3, -0.25) is 4.79 Å². The number of aromatic nitrogens is 7. The highest BCUT2D eigenvalue weighted by Crippen LogP contribution is 2.34. The lowest BCUT2D eigenvalue weighted by atomic mass is 10.1. The summed E-state index contributed by atoms with van der Waals surface area (Å²) in [6.45, 7) is 3.33. The molecule has 0 fully saturated rings. The standard InChI is InChI=1S/C28H20F3N7O5/c1-3-25(39)15-9-21(23-12-37(35-33-23)16-4-6-18(26(40)41)14(2)8-16)32-22(10-15)24-13-38(36-34-24)17-5-7-19(27(42)43)20(11-17)28(29,30)31/h4-13H,3H2,1-2H3,(H,40,41)(H,42,43). The molecule has 5 rings (SSSR count). The molecule has 12 nitrogen and oxygen atoms in total. The molecule has 15 heteroatoms. The summed E-state index contributed by atoms with van der Waals surface area (Å²) in [6.07, 6.45) is -1.91. The van der Waals surface area contributed by atoms with Crippen LogP contribution in [0.4, 0.5) is 13.2 Å². The van der Waals surface area contributed by atoms with Gasteiger partial charge in [-0.05, 0) is 61.0 Å². The number of ketones is 1. The van der Waals surface area contributed by atoms with Crippen LogP contribution in [0.2, 0.25) is 0 Å². The van der Waals surface area contributed by atoms with Gasteiger partial charge < -0.3 is 10.2 Å². The molecule has 0 aliphatic rings. The molecule has 0 amide bonds. The number of carbonyl (C=O) groups is 3. The molecule has 5 aromatic rings. The van der Waals surface area contributed by atoms with Crippen LogP contribution in [0.15, 0.2) is 60.9 Å². The van der Waals surface area contributed by atoms with Crippen molar-refractivity contribution in [3.63, 3.8) is 0 Å². The second-order valence-electron chi connectivity index (χ2n) is 9.34. The van der Waals surface area contributed by atoms with Crippen molar-refractivity contribution in [2.75, 3.05) is 0 Å². The average Bonchev–Trinajstić information content (AvgIpc) is 3.66. The fourth-order valence-electron chi connectivity index (χ4n) is 4.30. The van der Waals surface area contributed by atoms with Gasteiger partial charge in [0, 0.05) is 12.0 Å². The molecule has 0 saturated carbocycles. The van der Waals surface area contributed by atoms with Gasteiger partial charge in [0.2, 0.25) is 0 Å². The zero-order valence-electron chi connectivity index (χ0n) is 22.4. The van der Waals surface area contributed by atoms with Crippen LogP contribution in [0.25, 0.3) is 34.2 Å². The fraction of sp³-hybridized carbons (Fsp3) is 0.143. The lowest BCUT2D eigenvalue weighted by Gasteiger charge is -2.11. The van der Waals surface area contributed by atoms with Crippen LogP contribution < -0.4 is 0 Å². The molecule has 0 unspecified atom stereocenters. The summed E-state index contributed by atoms with van der Waals surface area (Å²) in [5.41, 5.74) is -0.0541. The highest BCUT2D eigenvalue weighted by molar-refractivity contribution is 5.97. The van der Waals surface area contributed by atoms with Crippen LogP contribution in [0.5, 0.6) is 0 Å². The molecule has 2 N–H and O–H groups in total. The van der Waals surface area contributed by atoms with Crippen molar-refractivity contribution >= 4 is 17.7 Å². The minimum Gasteiger partial charge on any atom is -0.478 e. The van der Waals surface area contributed by atoms with Crippen LogP contribution in [0, 0.1) is 6.92 Å². The number of nitrogens with zero attached hydrogens (tertiary/aromatic N) is 7. The average molecular weight is 592 g/mol. The van der Waals surface area contributed by atoms with Crippen molar-refractivity contribution in [3.05, 3.63) is 88.7 Å². The van der Waals surface area contributed by atoms with E-state index in [-0.39, 0.29) is 51.8 Å². The number of hydrogen-bond donors (Lipinski definition) is 2. The van der Waals surface area contributed by atoms with Crippen LogP contribution in [0.1, 0.15) is 55.5 Å². The van der Waals surface area contributed by atoms with Gasteiger partial charge in [0.15, 0.2) is 5.78 Å². The highest BCUT2D eigenvalue weighted by atomic mass is 19.4. The minimum atomic E-state index is -4.92. The van der Waals surface area contributed by atoms with E-state index in [1.165, 1.54) is 29.1 Å². The molecule has 0 aliphatic heterocycles. The third-order valence-corrected chi connectivity index (χ3v) is 6.49. The Morgan fingerprint density at radius 2 is 1.28 bits per heavy atom. The first kappa shape index (κ1) is 28.8. The normalized spacial score (nSPS) is 11.5. The number of carboxylic acids is 2. The Balaban J connectivity index is 1.54. The Morgan fingerprint density at radius 1 is 0.767 bits per heavy atom. The summed E-state index contributed by atoms with van der Waals surface area (Å²) in [6, 6.07) is 10.3. The van der Waals surface area contributed by atoms with E-state index in [4.69, 9.17) is 5.11 Å². The lowest BCUT2D eigenvalue weighted by molar-refractivity contribution is -0.138. The molecule has 0 bridgehead atoms. The topological polar surface area (TPSA) is 166 Å². The van der Waals surface area contributed by atoms with E-state index < -0.39 is 29.2 Å². The number of Topliss-reactive ketones (excluding diaryl/α,β-unsaturated/α-hetero) is 1. The Kier molecular flexibility index (Phi) is 7.31. The summed E-state index contributed by atoms with van der Waals surface area (Å²) in [7, 11) is 0. The van der Waals surface area contributed by atoms with E-state index in [9.17, 15) is 32.7 Å². The van der Waals surface area contributed by atoms with Gasteiger partial charge in [0.1, 0.15) is 11.4 Å². The largest absolute Gasteiger partial charge is 0.478 e. The van der Waals surface area contributed by atoms with Crippen molar-refractivity contribution in [2.45, 2.75) is 26.4 Å². The molecule has 0 saturated heterocycles. The molecule has 3 heterocycles. The molecular formula is C28H20F3N7O5. The predicted molar refractivity (Wildman–Crippen MR) is 143 cm³/mol. The van der Waals surface area contributed by atoms with Crippen molar-refractivity contribution in [2.24, 2.45) is 0 Å². The first-order valence-corrected chi connectivity index (χ1v) is 12.6. The molecule has 0 radical (unpaired) electrons. The van der Waals surface area contributed by atoms with E-state index in [1.54, 1.807) is 32.2 Å². The van der Waals surface area contributed by atoms with E-state index in [0.29, 0.717) is 17.3 Å². The van der Waals surface area contributed by atoms with Crippen LogP contribution >= 0.6 is 0 Å². The number of aromatic carboxylic acids is 2. The SMILES string of the molecule is CCC(=O)c1cc(-c2cn(-c3ccc(C(=O)O)c(C)c3)nn2)nc(-c2cn(-c3ccc(C(=O)O)c(C(F)(F)F)c3)nn2)c1. The number of aryl methyl sites for hydroxylation is 1. The quantitative estimate of drug-likeness (QED) is 0.237. The van der Waals surface area contributed by atoms with Gasteiger partial charge in [0.05, 0.1) is 51.8 Å². The van der Waals surface area contributed by atoms with Gasteiger partial charge in [-0.25, -0.2) is 23.9 Å². The molecule has 0 atom stereocenters. The smallest absolute Gasteiger partial charge is 0.417 e. The monoisotopic (exact) mass is 591 g/mol. The third-order valence-electron chi connectivity index (χ3n) is 6.49. The number of halogens is 3. The fourth-order valence-corrected chi connectivity index (χ4v) is 4.30. The van der Waals surface area contributed by atoms with Gasteiger partial charge in [-0.2, -0.15) is 13.2 Å². The van der Waals surface area contributed by atoms with Crippen LogP contribution in [0.3, 0.4) is 0 Å². The first-order chi connectivity index (χ1) is 20.3. The number of benzene rings is 2. The third kappa shape index (κ3) is 5.72. The molecule has 0 aliphatic carbocycles. The molecular weight excluding hydrogens is 571 g/mol. The Hall–Kier alpha value is -5.73. The highest BCUT2D eigenvalue weighted by Gasteiger charge is 2.36. The van der Waals surface area contributed by atoms with Crippen LogP contribution in [-0.2, 0) is 6.18 Å². The van der Waals surface area contributed by atoms with E-state index in [2.05, 4.69) is 25.6 Å². The molecule has 2 aromatic carbocycles. The Morgan fingerprint density at radius 3 is 1.74 bits per heavy atom. The summed E-state index contributed by atoms with van der Waals surface area (Å²) in [4.78, 5) is 39.8. The van der Waals surface area contributed by atoms with Crippen molar-refractivity contribution in [1.82, 2.24) is 35.0 Å². The maximum Gasteiger partial charge on any atom is 0.417 e. The number of alkyl halides is 3. The Bertz CT molecular complexity index is 1910. The van der Waals surface area contributed by atoms with Crippen molar-refractivity contribution in [3.8, 4) is 34.2 Å². The molecule has 3 aromatic heterocycles. The number of rotatable bonds is 8. The summed E-state index contributed by atoms with van der Waals surface area (Å²) in [5, 5.41) is 34.6. The molecule has 218 valence electrons. The Labute approximate surface area is 240 Å². The van der Waals surface area contributed by atoms with Gasteiger partial charge in [-0.1, -0.05) is 17.4 Å². The zero-order valence-corrected chi connectivity index (χ0v) is 22.4. The van der Waals surface area contributed by atoms with Crippen LogP contribution in [-0.4, -0.2) is 62.9 Å². The number of carboxylic acid groups (broad SMARTS) is 2. The van der Waals surface area contributed by atoms with Crippen molar-refractivity contribution in [1.29, 1.82) is 0 Å². The number of carbonyl (C=O) groups excluding carboxylic acids is 1. The number of hydrogen-bond acceptors (Lipinski definition) is 8. The lowest BCUT2D eigenvalue weighted by Crippen LogP contribution is -2.14. The number of pyridine rings is 1. The maximum atomic E-state index is 13.5. The summed E-state index contributed by atoms with van der Waals surface area (Å²) in [5.74, 6) is -3.01. The second kappa shape index (κ2) is 10.9. The maximum absolute atomic E-state index is 13.5. The molecule has 43 heavy (non-hydrogen) atoms. The molecule has 0 spiro atoms. The summed E-state index contributed by atoms with van der Waals surface area (Å²) >= 11 is 0. The van der Waals surface area contributed by atoms with Crippen molar-refractivity contribution < 1.29 is 37.8 Å². The first-order valence-electron chi connectivity index (χ1n) is 12.6.